The lowest BCUT2D eigenvalue weighted by molar-refractivity contribution is -0.115. The quantitative estimate of drug-likeness (QED) is 0.916. The molecule has 2 aromatic rings. The highest BCUT2D eigenvalue weighted by Crippen LogP contribution is 2.18. The maximum Gasteiger partial charge on any atom is 0.228 e. The molecule has 0 bridgehead atoms. The average Bonchev–Trinajstić information content (AvgIpc) is 2.40. The number of nitrogens with one attached hydrogen (secondary N) is 1. The second-order valence-electron chi connectivity index (χ2n) is 4.06. The standard InChI is InChI=1S/C15H14FNO2/c1-19-14-8-7-11(9-13(14)16)10-15(18)17-12-5-3-2-4-6-12/h2-9H,10H2,1H3,(H,17,18). The summed E-state index contributed by atoms with van der Waals surface area (Å²) < 4.78 is 18.3. The van der Waals surface area contributed by atoms with E-state index >= 15 is 0 Å². The summed E-state index contributed by atoms with van der Waals surface area (Å²) in [7, 11) is 1.40. The normalized spacial score (nSPS) is 10.0. The molecule has 4 heteroatoms. The lowest BCUT2D eigenvalue weighted by atomic mass is 10.1. The molecule has 98 valence electrons. The summed E-state index contributed by atoms with van der Waals surface area (Å²) in [6.45, 7) is 0. The van der Waals surface area contributed by atoms with E-state index in [1.54, 1.807) is 18.2 Å². The van der Waals surface area contributed by atoms with Gasteiger partial charge in [0.2, 0.25) is 5.91 Å². The van der Waals surface area contributed by atoms with E-state index in [9.17, 15) is 9.18 Å². The molecule has 19 heavy (non-hydrogen) atoms. The molecule has 2 aromatic carbocycles. The zero-order chi connectivity index (χ0) is 13.7. The van der Waals surface area contributed by atoms with Gasteiger partial charge in [-0.25, -0.2) is 4.39 Å². The molecule has 0 saturated carbocycles. The van der Waals surface area contributed by atoms with Crippen molar-refractivity contribution in [3.8, 4) is 5.75 Å². The van der Waals surface area contributed by atoms with Crippen LogP contribution in [-0.4, -0.2) is 13.0 Å². The zero-order valence-electron chi connectivity index (χ0n) is 10.5. The Labute approximate surface area is 111 Å². The summed E-state index contributed by atoms with van der Waals surface area (Å²) in [4.78, 5) is 11.8. The van der Waals surface area contributed by atoms with Gasteiger partial charge in [0, 0.05) is 5.69 Å². The number of benzene rings is 2. The van der Waals surface area contributed by atoms with Crippen LogP contribution in [0, 0.1) is 5.82 Å². The van der Waals surface area contributed by atoms with Gasteiger partial charge in [0.25, 0.3) is 0 Å². The minimum absolute atomic E-state index is 0.121. The van der Waals surface area contributed by atoms with Crippen LogP contribution in [-0.2, 0) is 11.2 Å². The number of hydrogen-bond donors (Lipinski definition) is 1. The first-order valence-electron chi connectivity index (χ1n) is 5.86. The molecule has 0 atom stereocenters. The van der Waals surface area contributed by atoms with Gasteiger partial charge >= 0.3 is 0 Å². The zero-order valence-corrected chi connectivity index (χ0v) is 10.5. The maximum absolute atomic E-state index is 13.5. The second-order valence-corrected chi connectivity index (χ2v) is 4.06. The Bertz CT molecular complexity index is 570. The molecule has 1 N–H and O–H groups in total. The van der Waals surface area contributed by atoms with Gasteiger partial charge in [-0.05, 0) is 29.8 Å². The van der Waals surface area contributed by atoms with E-state index < -0.39 is 5.82 Å². The van der Waals surface area contributed by atoms with Crippen molar-refractivity contribution in [3.05, 3.63) is 59.9 Å². The SMILES string of the molecule is COc1ccc(CC(=O)Nc2ccccc2)cc1F. The summed E-state index contributed by atoms with van der Waals surface area (Å²) in [6, 6.07) is 13.6. The van der Waals surface area contributed by atoms with Gasteiger partial charge in [-0.1, -0.05) is 24.3 Å². The van der Waals surface area contributed by atoms with Crippen molar-refractivity contribution in [1.82, 2.24) is 0 Å². The molecule has 1 amide bonds. The first kappa shape index (κ1) is 13.1. The van der Waals surface area contributed by atoms with Crippen LogP contribution < -0.4 is 10.1 Å². The molecule has 0 aliphatic heterocycles. The van der Waals surface area contributed by atoms with Crippen molar-refractivity contribution < 1.29 is 13.9 Å². The fourth-order valence-corrected chi connectivity index (χ4v) is 1.73. The molecule has 0 aromatic heterocycles. The van der Waals surface area contributed by atoms with E-state index in [0.717, 1.165) is 5.69 Å². The molecule has 0 unspecified atom stereocenters. The van der Waals surface area contributed by atoms with E-state index in [-0.39, 0.29) is 18.1 Å². The predicted octanol–water partition coefficient (Wildman–Crippen LogP) is 3.02. The molecule has 3 nitrogen and oxygen atoms in total. The monoisotopic (exact) mass is 259 g/mol. The van der Waals surface area contributed by atoms with Crippen molar-refractivity contribution in [2.24, 2.45) is 0 Å². The number of hydrogen-bond acceptors (Lipinski definition) is 2. The lowest BCUT2D eigenvalue weighted by Gasteiger charge is -2.06. The first-order valence-corrected chi connectivity index (χ1v) is 5.86. The van der Waals surface area contributed by atoms with Crippen molar-refractivity contribution in [1.29, 1.82) is 0 Å². The highest BCUT2D eigenvalue weighted by molar-refractivity contribution is 5.92. The largest absolute Gasteiger partial charge is 0.494 e. The Morgan fingerprint density at radius 1 is 1.21 bits per heavy atom. The number of para-hydroxylation sites is 1. The Kier molecular flexibility index (Phi) is 4.13. The molecule has 0 aliphatic carbocycles. The van der Waals surface area contributed by atoms with Crippen LogP contribution >= 0.6 is 0 Å². The van der Waals surface area contributed by atoms with Crippen molar-refractivity contribution in [3.63, 3.8) is 0 Å². The Morgan fingerprint density at radius 3 is 2.58 bits per heavy atom. The predicted molar refractivity (Wildman–Crippen MR) is 71.7 cm³/mol. The number of ether oxygens (including phenoxy) is 1. The van der Waals surface area contributed by atoms with Gasteiger partial charge in [-0.3, -0.25) is 4.79 Å². The number of anilines is 1. The first-order chi connectivity index (χ1) is 9.19. The van der Waals surface area contributed by atoms with Gasteiger partial charge in [0.15, 0.2) is 11.6 Å². The van der Waals surface area contributed by atoms with Crippen LogP contribution in [0.3, 0.4) is 0 Å². The van der Waals surface area contributed by atoms with Gasteiger partial charge in [-0.15, -0.1) is 0 Å². The smallest absolute Gasteiger partial charge is 0.228 e. The Morgan fingerprint density at radius 2 is 1.95 bits per heavy atom. The number of halogens is 1. The lowest BCUT2D eigenvalue weighted by Crippen LogP contribution is -2.14. The van der Waals surface area contributed by atoms with E-state index in [0.29, 0.717) is 5.56 Å². The second kappa shape index (κ2) is 6.00. The van der Waals surface area contributed by atoms with Crippen LogP contribution in [0.1, 0.15) is 5.56 Å². The Balaban J connectivity index is 2.01. The maximum atomic E-state index is 13.5. The number of carbonyl (C=O) groups excluding carboxylic acids is 1. The van der Waals surface area contributed by atoms with E-state index in [2.05, 4.69) is 5.32 Å². The van der Waals surface area contributed by atoms with Crippen molar-refractivity contribution in [2.75, 3.05) is 12.4 Å². The summed E-state index contributed by atoms with van der Waals surface area (Å²) in [5, 5.41) is 2.75. The highest BCUT2D eigenvalue weighted by atomic mass is 19.1. The Hall–Kier alpha value is -2.36. The van der Waals surface area contributed by atoms with Crippen LogP contribution in [0.25, 0.3) is 0 Å². The van der Waals surface area contributed by atoms with E-state index in [1.807, 2.05) is 18.2 Å². The summed E-state index contributed by atoms with van der Waals surface area (Å²) in [5.74, 6) is -0.476. The van der Waals surface area contributed by atoms with Crippen LogP contribution in [0.15, 0.2) is 48.5 Å². The highest BCUT2D eigenvalue weighted by Gasteiger charge is 2.07. The minimum atomic E-state index is -0.465. The summed E-state index contributed by atoms with van der Waals surface area (Å²) in [5.41, 5.74) is 1.33. The molecular formula is C15H14FNO2. The molecule has 0 heterocycles. The summed E-state index contributed by atoms with van der Waals surface area (Å²) >= 11 is 0. The van der Waals surface area contributed by atoms with Gasteiger partial charge in [0.1, 0.15) is 0 Å². The van der Waals surface area contributed by atoms with Gasteiger partial charge < -0.3 is 10.1 Å². The minimum Gasteiger partial charge on any atom is -0.494 e. The third-order valence-electron chi connectivity index (χ3n) is 2.64. The molecule has 0 saturated heterocycles. The van der Waals surface area contributed by atoms with Gasteiger partial charge in [0.05, 0.1) is 13.5 Å². The average molecular weight is 259 g/mol. The van der Waals surface area contributed by atoms with Crippen LogP contribution in [0.2, 0.25) is 0 Å². The topological polar surface area (TPSA) is 38.3 Å². The third kappa shape index (κ3) is 3.55. The molecule has 2 rings (SSSR count). The fraction of sp³-hybridized carbons (Fsp3) is 0.133. The molecule has 0 spiro atoms. The molecule has 0 fully saturated rings. The third-order valence-corrected chi connectivity index (χ3v) is 2.64. The summed E-state index contributed by atoms with van der Waals surface area (Å²) in [6.07, 6.45) is 0.121. The number of carbonyl (C=O) groups is 1. The van der Waals surface area contributed by atoms with Crippen LogP contribution in [0.4, 0.5) is 10.1 Å². The van der Waals surface area contributed by atoms with Crippen LogP contribution in [0.5, 0.6) is 5.75 Å². The van der Waals surface area contributed by atoms with Crippen molar-refractivity contribution in [2.45, 2.75) is 6.42 Å². The number of amides is 1. The number of rotatable bonds is 4. The number of methoxy groups -OCH3 is 1. The van der Waals surface area contributed by atoms with Gasteiger partial charge in [-0.2, -0.15) is 0 Å². The fourth-order valence-electron chi connectivity index (χ4n) is 1.73. The van der Waals surface area contributed by atoms with Crippen molar-refractivity contribution >= 4 is 11.6 Å². The van der Waals surface area contributed by atoms with E-state index in [4.69, 9.17) is 4.74 Å². The molecule has 0 aliphatic rings. The van der Waals surface area contributed by atoms with E-state index in [1.165, 1.54) is 19.2 Å². The molecule has 0 radical (unpaired) electrons. The molecular weight excluding hydrogens is 245 g/mol.